The Balaban J connectivity index is 1.98. The third-order valence-electron chi connectivity index (χ3n) is 2.95. The lowest BCUT2D eigenvalue weighted by Crippen LogP contribution is -2.35. The molecule has 0 spiro atoms. The normalized spacial score (nSPS) is 12.1. The SMILES string of the molecule is Cc1cc(C(=O)NC(C)Cn2ccnc2)ccc1N. The fraction of sp³-hybridized carbons (Fsp3) is 0.286. The number of nitrogens with two attached hydrogens (primary N) is 1. The van der Waals surface area contributed by atoms with E-state index >= 15 is 0 Å². The number of benzene rings is 1. The molecule has 3 N–H and O–H groups in total. The summed E-state index contributed by atoms with van der Waals surface area (Å²) in [5.41, 5.74) is 7.98. The number of carbonyl (C=O) groups excluding carboxylic acids is 1. The molecule has 1 aromatic heterocycles. The number of rotatable bonds is 4. The summed E-state index contributed by atoms with van der Waals surface area (Å²) in [7, 11) is 0. The molecule has 5 nitrogen and oxygen atoms in total. The molecule has 0 bridgehead atoms. The Morgan fingerprint density at radius 3 is 2.95 bits per heavy atom. The van der Waals surface area contributed by atoms with Crippen LogP contribution in [0.15, 0.2) is 36.9 Å². The molecule has 5 heteroatoms. The number of amides is 1. The summed E-state index contributed by atoms with van der Waals surface area (Å²) in [6.07, 6.45) is 5.32. The van der Waals surface area contributed by atoms with Gasteiger partial charge in [0.2, 0.25) is 0 Å². The van der Waals surface area contributed by atoms with Gasteiger partial charge >= 0.3 is 0 Å². The standard InChI is InChI=1S/C14H18N4O/c1-10-7-12(3-4-13(10)15)14(19)17-11(2)8-18-6-5-16-9-18/h3-7,9,11H,8,15H2,1-2H3,(H,17,19). The van der Waals surface area contributed by atoms with Crippen LogP contribution in [0.25, 0.3) is 0 Å². The second kappa shape index (κ2) is 5.56. The highest BCUT2D eigenvalue weighted by Crippen LogP contribution is 2.12. The highest BCUT2D eigenvalue weighted by Gasteiger charge is 2.10. The Morgan fingerprint density at radius 2 is 2.32 bits per heavy atom. The van der Waals surface area contributed by atoms with Gasteiger partial charge in [0, 0.05) is 36.2 Å². The van der Waals surface area contributed by atoms with E-state index in [1.165, 1.54) is 0 Å². The summed E-state index contributed by atoms with van der Waals surface area (Å²) in [6, 6.07) is 5.32. The first-order valence-electron chi connectivity index (χ1n) is 6.19. The van der Waals surface area contributed by atoms with Gasteiger partial charge < -0.3 is 15.6 Å². The lowest BCUT2D eigenvalue weighted by molar-refractivity contribution is 0.0936. The number of imidazole rings is 1. The van der Waals surface area contributed by atoms with Crippen LogP contribution in [0.1, 0.15) is 22.8 Å². The van der Waals surface area contributed by atoms with Crippen LogP contribution in [0.4, 0.5) is 5.69 Å². The van der Waals surface area contributed by atoms with Crippen molar-refractivity contribution >= 4 is 11.6 Å². The van der Waals surface area contributed by atoms with E-state index in [4.69, 9.17) is 5.73 Å². The Kier molecular flexibility index (Phi) is 3.85. The van der Waals surface area contributed by atoms with Crippen molar-refractivity contribution in [3.05, 3.63) is 48.0 Å². The minimum Gasteiger partial charge on any atom is -0.399 e. The molecule has 0 saturated heterocycles. The summed E-state index contributed by atoms with van der Waals surface area (Å²) in [5.74, 6) is -0.0873. The summed E-state index contributed by atoms with van der Waals surface area (Å²) in [6.45, 7) is 4.54. The average Bonchev–Trinajstić information content (AvgIpc) is 2.85. The molecule has 2 aromatic rings. The van der Waals surface area contributed by atoms with Gasteiger partial charge in [-0.3, -0.25) is 4.79 Å². The molecule has 0 radical (unpaired) electrons. The van der Waals surface area contributed by atoms with Crippen molar-refractivity contribution in [2.75, 3.05) is 5.73 Å². The zero-order chi connectivity index (χ0) is 13.8. The van der Waals surface area contributed by atoms with Crippen LogP contribution >= 0.6 is 0 Å². The van der Waals surface area contributed by atoms with Crippen molar-refractivity contribution < 1.29 is 4.79 Å². The lowest BCUT2D eigenvalue weighted by atomic mass is 10.1. The highest BCUT2D eigenvalue weighted by atomic mass is 16.1. The van der Waals surface area contributed by atoms with Gasteiger partial charge in [-0.15, -0.1) is 0 Å². The third kappa shape index (κ3) is 3.34. The van der Waals surface area contributed by atoms with Crippen LogP contribution in [0.2, 0.25) is 0 Å². The summed E-state index contributed by atoms with van der Waals surface area (Å²) >= 11 is 0. The van der Waals surface area contributed by atoms with E-state index in [2.05, 4.69) is 10.3 Å². The molecule has 1 amide bonds. The van der Waals surface area contributed by atoms with E-state index in [-0.39, 0.29) is 11.9 Å². The van der Waals surface area contributed by atoms with Crippen molar-refractivity contribution in [1.82, 2.24) is 14.9 Å². The van der Waals surface area contributed by atoms with Gasteiger partial charge in [-0.05, 0) is 37.6 Å². The molecule has 0 saturated carbocycles. The lowest BCUT2D eigenvalue weighted by Gasteiger charge is -2.15. The fourth-order valence-electron chi connectivity index (χ4n) is 1.88. The number of nitrogen functional groups attached to an aromatic ring is 1. The number of nitrogens with one attached hydrogen (secondary N) is 1. The highest BCUT2D eigenvalue weighted by molar-refractivity contribution is 5.95. The summed E-state index contributed by atoms with van der Waals surface area (Å²) in [5, 5.41) is 2.95. The molecular weight excluding hydrogens is 240 g/mol. The van der Waals surface area contributed by atoms with Gasteiger partial charge in [0.1, 0.15) is 0 Å². The van der Waals surface area contributed by atoms with Crippen molar-refractivity contribution in [3.63, 3.8) is 0 Å². The van der Waals surface area contributed by atoms with E-state index in [9.17, 15) is 4.79 Å². The van der Waals surface area contributed by atoms with Crippen LogP contribution in [-0.4, -0.2) is 21.5 Å². The van der Waals surface area contributed by atoms with E-state index in [0.717, 1.165) is 5.56 Å². The molecule has 0 aliphatic heterocycles. The summed E-state index contributed by atoms with van der Waals surface area (Å²) in [4.78, 5) is 16.0. The second-order valence-corrected chi connectivity index (χ2v) is 4.71. The van der Waals surface area contributed by atoms with Gasteiger partial charge in [0.15, 0.2) is 0 Å². The molecule has 2 rings (SSSR count). The molecule has 1 heterocycles. The first kappa shape index (κ1) is 13.1. The Hall–Kier alpha value is -2.30. The van der Waals surface area contributed by atoms with Gasteiger partial charge in [0.05, 0.1) is 6.33 Å². The van der Waals surface area contributed by atoms with Crippen LogP contribution in [0.5, 0.6) is 0 Å². The molecule has 0 aliphatic carbocycles. The molecule has 19 heavy (non-hydrogen) atoms. The predicted molar refractivity (Wildman–Crippen MR) is 74.7 cm³/mol. The molecule has 0 fully saturated rings. The number of hydrogen-bond donors (Lipinski definition) is 2. The third-order valence-corrected chi connectivity index (χ3v) is 2.95. The van der Waals surface area contributed by atoms with Crippen molar-refractivity contribution in [3.8, 4) is 0 Å². The molecule has 1 aromatic carbocycles. The first-order chi connectivity index (χ1) is 9.06. The fourth-order valence-corrected chi connectivity index (χ4v) is 1.88. The topological polar surface area (TPSA) is 72.9 Å². The maximum atomic E-state index is 12.1. The zero-order valence-corrected chi connectivity index (χ0v) is 11.1. The number of anilines is 1. The van der Waals surface area contributed by atoms with E-state index < -0.39 is 0 Å². The maximum absolute atomic E-state index is 12.1. The Bertz CT molecular complexity index is 563. The van der Waals surface area contributed by atoms with Crippen LogP contribution in [0.3, 0.4) is 0 Å². The molecule has 1 unspecified atom stereocenters. The van der Waals surface area contributed by atoms with E-state index in [0.29, 0.717) is 17.8 Å². The van der Waals surface area contributed by atoms with Gasteiger partial charge in [-0.1, -0.05) is 0 Å². The second-order valence-electron chi connectivity index (χ2n) is 4.71. The minimum absolute atomic E-state index is 0.0274. The van der Waals surface area contributed by atoms with Crippen LogP contribution < -0.4 is 11.1 Å². The van der Waals surface area contributed by atoms with Crippen LogP contribution in [0, 0.1) is 6.92 Å². The Morgan fingerprint density at radius 1 is 1.53 bits per heavy atom. The zero-order valence-electron chi connectivity index (χ0n) is 11.1. The molecule has 1 atom stereocenters. The van der Waals surface area contributed by atoms with Crippen molar-refractivity contribution in [2.24, 2.45) is 0 Å². The molecule has 100 valence electrons. The minimum atomic E-state index is -0.0873. The Labute approximate surface area is 112 Å². The predicted octanol–water partition coefficient (Wildman–Crippen LogP) is 1.59. The van der Waals surface area contributed by atoms with E-state index in [1.807, 2.05) is 24.6 Å². The number of hydrogen-bond acceptors (Lipinski definition) is 3. The van der Waals surface area contributed by atoms with Gasteiger partial charge in [-0.2, -0.15) is 0 Å². The summed E-state index contributed by atoms with van der Waals surface area (Å²) < 4.78 is 1.93. The van der Waals surface area contributed by atoms with Crippen molar-refractivity contribution in [1.29, 1.82) is 0 Å². The molecule has 0 aliphatic rings. The monoisotopic (exact) mass is 258 g/mol. The largest absolute Gasteiger partial charge is 0.399 e. The van der Waals surface area contributed by atoms with E-state index in [1.54, 1.807) is 30.7 Å². The smallest absolute Gasteiger partial charge is 0.251 e. The van der Waals surface area contributed by atoms with Gasteiger partial charge in [0.25, 0.3) is 5.91 Å². The molecular formula is C14H18N4O. The first-order valence-corrected chi connectivity index (χ1v) is 6.19. The van der Waals surface area contributed by atoms with Crippen molar-refractivity contribution in [2.45, 2.75) is 26.4 Å². The van der Waals surface area contributed by atoms with Crippen LogP contribution in [-0.2, 0) is 6.54 Å². The maximum Gasteiger partial charge on any atom is 0.251 e. The number of nitrogens with zero attached hydrogens (tertiary/aromatic N) is 2. The quantitative estimate of drug-likeness (QED) is 0.818. The number of aromatic nitrogens is 2. The number of aryl methyl sites for hydroxylation is 1. The average molecular weight is 258 g/mol. The van der Waals surface area contributed by atoms with Gasteiger partial charge in [-0.25, -0.2) is 4.98 Å². The number of carbonyl (C=O) groups is 1.